The average molecular weight is 181 g/mol. The molecule has 5 nitrogen and oxygen atoms in total. The molecule has 0 atom stereocenters. The summed E-state index contributed by atoms with van der Waals surface area (Å²) in [6.45, 7) is 0. The lowest BCUT2D eigenvalue weighted by atomic mass is 10.5. The van der Waals surface area contributed by atoms with Crippen molar-refractivity contribution < 1.29 is 8.42 Å². The molecule has 0 saturated carbocycles. The Labute approximate surface area is 68.7 Å². The quantitative estimate of drug-likeness (QED) is 0.448. The van der Waals surface area contributed by atoms with Crippen LogP contribution in [0.2, 0.25) is 0 Å². The molecular formula is C6H3N3O2S. The fourth-order valence-electron chi connectivity index (χ4n) is 0.855. The van der Waals surface area contributed by atoms with E-state index in [0.29, 0.717) is 10.8 Å². The molecule has 2 rings (SSSR count). The van der Waals surface area contributed by atoms with Crippen molar-refractivity contribution in [2.45, 2.75) is 0 Å². The fourth-order valence-corrected chi connectivity index (χ4v) is 1.19. The van der Waals surface area contributed by atoms with E-state index >= 15 is 0 Å². The first-order valence-electron chi connectivity index (χ1n) is 3.12. The maximum atomic E-state index is 10.4. The van der Waals surface area contributed by atoms with Crippen molar-refractivity contribution in [3.05, 3.63) is 29.2 Å². The smallest absolute Gasteiger partial charge is 0.235 e. The summed E-state index contributed by atoms with van der Waals surface area (Å²) in [5, 5.41) is 0.292. The molecule has 1 aromatic rings. The van der Waals surface area contributed by atoms with Crippen LogP contribution in [-0.2, 0) is 10.3 Å². The summed E-state index contributed by atoms with van der Waals surface area (Å²) in [5.74, 6) is 0. The third-order valence-electron chi connectivity index (χ3n) is 1.33. The van der Waals surface area contributed by atoms with Crippen LogP contribution in [0.1, 0.15) is 0 Å². The first-order valence-corrected chi connectivity index (χ1v) is 4.19. The van der Waals surface area contributed by atoms with E-state index in [1.807, 2.05) is 0 Å². The topological polar surface area (TPSA) is 71.8 Å². The van der Waals surface area contributed by atoms with Crippen LogP contribution in [0.25, 0.3) is 0 Å². The van der Waals surface area contributed by atoms with Gasteiger partial charge in [-0.1, -0.05) is 0 Å². The Balaban J connectivity index is 2.95. The predicted molar refractivity (Wildman–Crippen MR) is 40.5 cm³/mol. The van der Waals surface area contributed by atoms with Crippen molar-refractivity contribution >= 4 is 15.4 Å². The molecule has 60 valence electrons. The molecule has 0 saturated heterocycles. The zero-order valence-corrected chi connectivity index (χ0v) is 6.61. The number of pyridine rings is 1. The van der Waals surface area contributed by atoms with Crippen LogP contribution in [-0.4, -0.2) is 18.5 Å². The lowest BCUT2D eigenvalue weighted by molar-refractivity contribution is 0.626. The zero-order valence-electron chi connectivity index (χ0n) is 5.80. The van der Waals surface area contributed by atoms with Gasteiger partial charge in [0.1, 0.15) is 5.36 Å². The third-order valence-corrected chi connectivity index (χ3v) is 1.81. The van der Waals surface area contributed by atoms with E-state index in [1.54, 1.807) is 12.1 Å². The van der Waals surface area contributed by atoms with Crippen LogP contribution in [0.4, 0.5) is 0 Å². The van der Waals surface area contributed by atoms with E-state index in [0.717, 1.165) is 0 Å². The number of rotatable bonds is 0. The maximum absolute atomic E-state index is 10.4. The SMILES string of the molecule is O=S(=O)=C1N=c2cccnc2=N1. The van der Waals surface area contributed by atoms with Gasteiger partial charge in [0.25, 0.3) is 15.4 Å². The van der Waals surface area contributed by atoms with Gasteiger partial charge < -0.3 is 0 Å². The molecular weight excluding hydrogens is 178 g/mol. The van der Waals surface area contributed by atoms with Gasteiger partial charge in [0, 0.05) is 6.20 Å². The van der Waals surface area contributed by atoms with Crippen LogP contribution in [0.15, 0.2) is 28.3 Å². The molecule has 12 heavy (non-hydrogen) atoms. The standard InChI is InChI=1S/C6H3N3O2S/c10-12(11)6-8-4-2-1-3-7-5(4)9-6/h1-3H. The van der Waals surface area contributed by atoms with Gasteiger partial charge in [0.15, 0.2) is 5.49 Å². The zero-order chi connectivity index (χ0) is 8.55. The normalized spacial score (nSPS) is 13.2. The number of hydrogen-bond acceptors (Lipinski definition) is 3. The Morgan fingerprint density at radius 2 is 2.08 bits per heavy atom. The summed E-state index contributed by atoms with van der Waals surface area (Å²) >= 11 is 0. The highest BCUT2D eigenvalue weighted by molar-refractivity contribution is 7.72. The molecule has 0 radical (unpaired) electrons. The highest BCUT2D eigenvalue weighted by atomic mass is 32.2. The minimum atomic E-state index is -2.37. The van der Waals surface area contributed by atoms with Gasteiger partial charge in [-0.25, -0.2) is 9.98 Å². The van der Waals surface area contributed by atoms with Gasteiger partial charge in [-0.3, -0.25) is 0 Å². The Bertz CT molecular complexity index is 528. The van der Waals surface area contributed by atoms with Gasteiger partial charge >= 0.3 is 0 Å². The molecule has 0 bridgehead atoms. The molecule has 1 aliphatic rings. The number of fused-ring (bicyclic) bond motifs is 1. The average Bonchev–Trinajstić information content (AvgIpc) is 2.46. The van der Waals surface area contributed by atoms with E-state index in [4.69, 9.17) is 0 Å². The summed E-state index contributed by atoms with van der Waals surface area (Å²) in [7, 11) is -2.37. The molecule has 1 aliphatic heterocycles. The summed E-state index contributed by atoms with van der Waals surface area (Å²) < 4.78 is 20.8. The molecule has 0 spiro atoms. The van der Waals surface area contributed by atoms with Gasteiger partial charge in [-0.2, -0.15) is 13.4 Å². The monoisotopic (exact) mass is 181 g/mol. The van der Waals surface area contributed by atoms with Crippen molar-refractivity contribution in [2.75, 3.05) is 0 Å². The van der Waals surface area contributed by atoms with Crippen LogP contribution >= 0.6 is 0 Å². The number of aromatic nitrogens is 1. The van der Waals surface area contributed by atoms with E-state index in [1.165, 1.54) is 6.20 Å². The highest BCUT2D eigenvalue weighted by Crippen LogP contribution is 1.80. The van der Waals surface area contributed by atoms with Crippen LogP contribution in [0.5, 0.6) is 0 Å². The first-order chi connectivity index (χ1) is 5.77. The second kappa shape index (κ2) is 2.49. The van der Waals surface area contributed by atoms with Crippen LogP contribution in [0.3, 0.4) is 0 Å². The minimum absolute atomic E-state index is 0.205. The Morgan fingerprint density at radius 3 is 2.75 bits per heavy atom. The molecule has 0 aliphatic carbocycles. The van der Waals surface area contributed by atoms with E-state index in [9.17, 15) is 8.42 Å². The third kappa shape index (κ3) is 1.02. The van der Waals surface area contributed by atoms with Crippen molar-refractivity contribution in [1.29, 1.82) is 0 Å². The van der Waals surface area contributed by atoms with Gasteiger partial charge in [-0.15, -0.1) is 0 Å². The molecule has 0 aromatic carbocycles. The molecule has 0 fully saturated rings. The fraction of sp³-hybridized carbons (Fsp3) is 0. The molecule has 2 heterocycles. The Kier molecular flexibility index (Phi) is 1.47. The summed E-state index contributed by atoms with van der Waals surface area (Å²) in [5.41, 5.74) is 0.358. The first kappa shape index (κ1) is 7.11. The van der Waals surface area contributed by atoms with E-state index in [-0.39, 0.29) is 5.11 Å². The number of nitrogens with zero attached hydrogens (tertiary/aromatic N) is 3. The van der Waals surface area contributed by atoms with Gasteiger partial charge in [-0.05, 0) is 12.1 Å². The molecule has 6 heteroatoms. The van der Waals surface area contributed by atoms with Crippen molar-refractivity contribution in [1.82, 2.24) is 4.98 Å². The van der Waals surface area contributed by atoms with Crippen molar-refractivity contribution in [2.24, 2.45) is 9.98 Å². The van der Waals surface area contributed by atoms with E-state index in [2.05, 4.69) is 15.0 Å². The van der Waals surface area contributed by atoms with Crippen molar-refractivity contribution in [3.63, 3.8) is 0 Å². The summed E-state index contributed by atoms with van der Waals surface area (Å²) in [6.07, 6.45) is 1.54. The summed E-state index contributed by atoms with van der Waals surface area (Å²) in [6, 6.07) is 3.33. The lowest BCUT2D eigenvalue weighted by Gasteiger charge is -1.75. The molecule has 0 amide bonds. The van der Waals surface area contributed by atoms with Crippen LogP contribution < -0.4 is 10.8 Å². The highest BCUT2D eigenvalue weighted by Gasteiger charge is 2.03. The maximum Gasteiger partial charge on any atom is 0.278 e. The molecule has 0 unspecified atom stereocenters. The summed E-state index contributed by atoms with van der Waals surface area (Å²) in [4.78, 5) is 11.2. The van der Waals surface area contributed by atoms with E-state index < -0.39 is 10.3 Å². The second-order valence-electron chi connectivity index (χ2n) is 2.09. The molecule has 1 aromatic heterocycles. The lowest BCUT2D eigenvalue weighted by Crippen LogP contribution is -2.23. The Morgan fingerprint density at radius 1 is 1.25 bits per heavy atom. The van der Waals surface area contributed by atoms with Crippen LogP contribution in [0, 0.1) is 0 Å². The van der Waals surface area contributed by atoms with Gasteiger partial charge in [0.05, 0.1) is 0 Å². The van der Waals surface area contributed by atoms with Crippen molar-refractivity contribution in [3.8, 4) is 0 Å². The minimum Gasteiger partial charge on any atom is -0.235 e. The number of hydrogen-bond donors (Lipinski definition) is 0. The largest absolute Gasteiger partial charge is 0.278 e. The van der Waals surface area contributed by atoms with Gasteiger partial charge in [0.2, 0.25) is 0 Å². The predicted octanol–water partition coefficient (Wildman–Crippen LogP) is -1.70. The Hall–Kier alpha value is -1.56. The molecule has 0 N–H and O–H groups in total. The second-order valence-corrected chi connectivity index (χ2v) is 2.92.